The van der Waals surface area contributed by atoms with Crippen molar-refractivity contribution >= 4 is 38.9 Å². The molecule has 2 aromatic carbocycles. The first-order valence-corrected chi connectivity index (χ1v) is 12.2. The van der Waals surface area contributed by atoms with Crippen LogP contribution in [-0.4, -0.2) is 26.8 Å². The van der Waals surface area contributed by atoms with Crippen LogP contribution < -0.4 is 14.9 Å². The van der Waals surface area contributed by atoms with Gasteiger partial charge in [0.1, 0.15) is 0 Å². The van der Waals surface area contributed by atoms with Gasteiger partial charge in [0.15, 0.2) is 0 Å². The SMILES string of the molecule is CCCCN1C(=O)CCc2cc(NS(=O)(=O)c3ccc(NC(=O)CCC)cc3)ccc21. The van der Waals surface area contributed by atoms with Gasteiger partial charge in [-0.1, -0.05) is 20.3 Å². The molecule has 2 amide bonds. The van der Waals surface area contributed by atoms with Crippen LogP contribution in [0.5, 0.6) is 0 Å². The summed E-state index contributed by atoms with van der Waals surface area (Å²) in [5, 5.41) is 2.74. The Labute approximate surface area is 183 Å². The van der Waals surface area contributed by atoms with E-state index in [9.17, 15) is 18.0 Å². The number of nitrogens with zero attached hydrogens (tertiary/aromatic N) is 1. The first-order chi connectivity index (χ1) is 14.8. The van der Waals surface area contributed by atoms with Crippen LogP contribution >= 0.6 is 0 Å². The predicted octanol–water partition coefficient (Wildman–Crippen LogP) is 4.31. The fourth-order valence-electron chi connectivity index (χ4n) is 3.57. The van der Waals surface area contributed by atoms with E-state index in [2.05, 4.69) is 17.0 Å². The van der Waals surface area contributed by atoms with E-state index in [4.69, 9.17) is 0 Å². The van der Waals surface area contributed by atoms with E-state index in [0.717, 1.165) is 30.5 Å². The van der Waals surface area contributed by atoms with Gasteiger partial charge in [-0.3, -0.25) is 14.3 Å². The normalized spacial score (nSPS) is 13.6. The first kappa shape index (κ1) is 22.8. The number of rotatable bonds is 9. The lowest BCUT2D eigenvalue weighted by atomic mass is 10.00. The number of sulfonamides is 1. The van der Waals surface area contributed by atoms with Crippen molar-refractivity contribution in [3.05, 3.63) is 48.0 Å². The Morgan fingerprint density at radius 1 is 1.00 bits per heavy atom. The van der Waals surface area contributed by atoms with Crippen LogP contribution in [-0.2, 0) is 26.0 Å². The maximum absolute atomic E-state index is 12.8. The van der Waals surface area contributed by atoms with Crippen molar-refractivity contribution in [3.63, 3.8) is 0 Å². The molecule has 0 spiro atoms. The van der Waals surface area contributed by atoms with Gasteiger partial charge in [-0.25, -0.2) is 8.42 Å². The number of hydrogen-bond donors (Lipinski definition) is 2. The summed E-state index contributed by atoms with van der Waals surface area (Å²) in [6, 6.07) is 11.4. The molecule has 1 aliphatic heterocycles. The van der Waals surface area contributed by atoms with E-state index in [1.807, 2.05) is 13.0 Å². The Morgan fingerprint density at radius 3 is 2.39 bits per heavy atom. The summed E-state index contributed by atoms with van der Waals surface area (Å²) in [5.41, 5.74) is 2.84. The standard InChI is InChI=1S/C23H29N3O4S/c1-3-5-15-26-21-13-10-19(16-17(21)7-14-23(26)28)25-31(29,30)20-11-8-18(9-12-20)24-22(27)6-4-2/h8-13,16,25H,3-7,14-15H2,1-2H3,(H,24,27). The van der Waals surface area contributed by atoms with Gasteiger partial charge in [0, 0.05) is 36.4 Å². The Balaban J connectivity index is 1.74. The van der Waals surface area contributed by atoms with Crippen molar-refractivity contribution in [2.45, 2.75) is 57.3 Å². The lowest BCUT2D eigenvalue weighted by molar-refractivity contribution is -0.119. The highest BCUT2D eigenvalue weighted by molar-refractivity contribution is 7.92. The van der Waals surface area contributed by atoms with Gasteiger partial charge < -0.3 is 10.2 Å². The summed E-state index contributed by atoms with van der Waals surface area (Å²) < 4.78 is 28.2. The van der Waals surface area contributed by atoms with Crippen LogP contribution in [0.4, 0.5) is 17.1 Å². The molecule has 1 aliphatic rings. The Morgan fingerprint density at radius 2 is 1.71 bits per heavy atom. The number of nitrogens with one attached hydrogen (secondary N) is 2. The lowest BCUT2D eigenvalue weighted by Crippen LogP contribution is -2.35. The van der Waals surface area contributed by atoms with Crippen molar-refractivity contribution in [2.75, 3.05) is 21.5 Å². The van der Waals surface area contributed by atoms with Crippen LogP contribution in [0.1, 0.15) is 51.5 Å². The molecule has 2 N–H and O–H groups in total. The molecular weight excluding hydrogens is 414 g/mol. The third-order valence-electron chi connectivity index (χ3n) is 5.19. The number of benzene rings is 2. The summed E-state index contributed by atoms with van der Waals surface area (Å²) in [6.45, 7) is 4.68. The van der Waals surface area contributed by atoms with Gasteiger partial charge in [0.25, 0.3) is 10.0 Å². The van der Waals surface area contributed by atoms with Gasteiger partial charge in [0.2, 0.25) is 11.8 Å². The lowest BCUT2D eigenvalue weighted by Gasteiger charge is -2.29. The van der Waals surface area contributed by atoms with Gasteiger partial charge >= 0.3 is 0 Å². The molecule has 1 heterocycles. The van der Waals surface area contributed by atoms with Crippen LogP contribution in [0.15, 0.2) is 47.4 Å². The molecule has 0 radical (unpaired) electrons. The van der Waals surface area contributed by atoms with Crippen LogP contribution in [0.2, 0.25) is 0 Å². The minimum Gasteiger partial charge on any atom is -0.326 e. The number of carbonyl (C=O) groups excluding carboxylic acids is 2. The molecule has 8 heteroatoms. The number of carbonyl (C=O) groups is 2. The molecule has 0 fully saturated rings. The molecule has 166 valence electrons. The summed E-state index contributed by atoms with van der Waals surface area (Å²) in [4.78, 5) is 25.9. The molecule has 0 atom stereocenters. The third kappa shape index (κ3) is 5.64. The van der Waals surface area contributed by atoms with Crippen molar-refractivity contribution in [3.8, 4) is 0 Å². The number of anilines is 3. The van der Waals surface area contributed by atoms with Gasteiger partial charge in [-0.2, -0.15) is 0 Å². The number of aryl methyl sites for hydroxylation is 1. The first-order valence-electron chi connectivity index (χ1n) is 10.7. The van der Waals surface area contributed by atoms with Crippen LogP contribution in [0.25, 0.3) is 0 Å². The third-order valence-corrected chi connectivity index (χ3v) is 6.59. The number of hydrogen-bond acceptors (Lipinski definition) is 4. The zero-order chi connectivity index (χ0) is 22.4. The highest BCUT2D eigenvalue weighted by atomic mass is 32.2. The van der Waals surface area contributed by atoms with E-state index in [1.165, 1.54) is 12.1 Å². The van der Waals surface area contributed by atoms with Gasteiger partial charge in [-0.05, 0) is 67.3 Å². The molecule has 0 aliphatic carbocycles. The van der Waals surface area contributed by atoms with Crippen LogP contribution in [0, 0.1) is 0 Å². The predicted molar refractivity (Wildman–Crippen MR) is 123 cm³/mol. The van der Waals surface area contributed by atoms with Crippen LogP contribution in [0.3, 0.4) is 0 Å². The zero-order valence-electron chi connectivity index (χ0n) is 18.0. The second kappa shape index (κ2) is 9.96. The highest BCUT2D eigenvalue weighted by Gasteiger charge is 2.24. The monoisotopic (exact) mass is 443 g/mol. The maximum atomic E-state index is 12.8. The average Bonchev–Trinajstić information content (AvgIpc) is 2.73. The summed E-state index contributed by atoms with van der Waals surface area (Å²) in [6.07, 6.45) is 4.11. The quantitative estimate of drug-likeness (QED) is 0.604. The maximum Gasteiger partial charge on any atom is 0.261 e. The van der Waals surface area contributed by atoms with Crippen molar-refractivity contribution in [1.82, 2.24) is 0 Å². The second-order valence-corrected chi connectivity index (χ2v) is 9.35. The highest BCUT2D eigenvalue weighted by Crippen LogP contribution is 2.31. The van der Waals surface area contributed by atoms with E-state index in [-0.39, 0.29) is 16.7 Å². The number of amides is 2. The molecule has 0 saturated carbocycles. The summed E-state index contributed by atoms with van der Waals surface area (Å²) in [7, 11) is -3.78. The minimum absolute atomic E-state index is 0.100. The minimum atomic E-state index is -3.78. The van der Waals surface area contributed by atoms with E-state index in [0.29, 0.717) is 37.2 Å². The van der Waals surface area contributed by atoms with E-state index in [1.54, 1.807) is 29.2 Å². The topological polar surface area (TPSA) is 95.6 Å². The average molecular weight is 444 g/mol. The van der Waals surface area contributed by atoms with Gasteiger partial charge in [-0.15, -0.1) is 0 Å². The molecule has 3 rings (SSSR count). The van der Waals surface area contributed by atoms with E-state index < -0.39 is 10.0 Å². The summed E-state index contributed by atoms with van der Waals surface area (Å²) in [5.74, 6) is 0.0113. The molecule has 7 nitrogen and oxygen atoms in total. The van der Waals surface area contributed by atoms with E-state index >= 15 is 0 Å². The second-order valence-electron chi connectivity index (χ2n) is 7.67. The fourth-order valence-corrected chi connectivity index (χ4v) is 4.62. The molecule has 0 saturated heterocycles. The number of unbranched alkanes of at least 4 members (excludes halogenated alkanes) is 1. The number of fused-ring (bicyclic) bond motifs is 1. The van der Waals surface area contributed by atoms with Gasteiger partial charge in [0.05, 0.1) is 4.90 Å². The van der Waals surface area contributed by atoms with Crippen molar-refractivity contribution < 1.29 is 18.0 Å². The Bertz CT molecular complexity index is 1050. The fraction of sp³-hybridized carbons (Fsp3) is 0.391. The smallest absolute Gasteiger partial charge is 0.261 e. The molecular formula is C23H29N3O4S. The molecule has 0 aromatic heterocycles. The summed E-state index contributed by atoms with van der Waals surface area (Å²) >= 11 is 0. The largest absolute Gasteiger partial charge is 0.326 e. The zero-order valence-corrected chi connectivity index (χ0v) is 18.8. The van der Waals surface area contributed by atoms with Crippen molar-refractivity contribution in [2.24, 2.45) is 0 Å². The molecule has 0 bridgehead atoms. The Kier molecular flexibility index (Phi) is 7.33. The Hall–Kier alpha value is -2.87. The van der Waals surface area contributed by atoms with Crippen molar-refractivity contribution in [1.29, 1.82) is 0 Å². The molecule has 2 aromatic rings. The molecule has 31 heavy (non-hydrogen) atoms. The molecule has 0 unspecified atom stereocenters.